The molecule has 29 heavy (non-hydrogen) atoms. The first-order valence-electron chi connectivity index (χ1n) is 10.7. The molecule has 0 aliphatic carbocycles. The van der Waals surface area contributed by atoms with Gasteiger partial charge in [0.2, 0.25) is 0 Å². The summed E-state index contributed by atoms with van der Waals surface area (Å²) < 4.78 is 15.9. The van der Waals surface area contributed by atoms with Gasteiger partial charge in [-0.3, -0.25) is 0 Å². The minimum Gasteiger partial charge on any atom is -0.310 e. The molecular formula is C28H21N. The lowest BCUT2D eigenvalue weighted by Gasteiger charge is -2.27. The summed E-state index contributed by atoms with van der Waals surface area (Å²) in [5, 5.41) is 2.28. The number of benzene rings is 5. The molecule has 0 aromatic heterocycles. The van der Waals surface area contributed by atoms with Gasteiger partial charge < -0.3 is 4.90 Å². The zero-order chi connectivity index (χ0) is 21.2. The van der Waals surface area contributed by atoms with Crippen LogP contribution in [0.2, 0.25) is 0 Å². The molecule has 138 valence electrons. The molecule has 0 aliphatic rings. The molecule has 0 N–H and O–H groups in total. The molecule has 5 rings (SSSR count). The molecule has 0 atom stereocenters. The summed E-state index contributed by atoms with van der Waals surface area (Å²) in [6.07, 6.45) is 0. The summed E-state index contributed by atoms with van der Waals surface area (Å²) in [6, 6.07) is 39.3. The third-order valence-corrected chi connectivity index (χ3v) is 5.13. The first-order chi connectivity index (χ1) is 15.2. The molecule has 0 spiro atoms. The second kappa shape index (κ2) is 7.65. The number of fused-ring (bicyclic) bond motifs is 1. The van der Waals surface area contributed by atoms with Crippen LogP contribution in [0.25, 0.3) is 21.9 Å². The lowest BCUT2D eigenvalue weighted by Crippen LogP contribution is -2.10. The van der Waals surface area contributed by atoms with E-state index in [0.29, 0.717) is 12.1 Å². The van der Waals surface area contributed by atoms with E-state index in [0.717, 1.165) is 39.0 Å². The van der Waals surface area contributed by atoms with Gasteiger partial charge >= 0.3 is 0 Å². The van der Waals surface area contributed by atoms with Crippen molar-refractivity contribution in [2.24, 2.45) is 0 Å². The van der Waals surface area contributed by atoms with Gasteiger partial charge in [0.25, 0.3) is 0 Å². The molecular weight excluding hydrogens is 350 g/mol. The van der Waals surface area contributed by atoms with Crippen LogP contribution in [0.15, 0.2) is 127 Å². The Morgan fingerprint density at radius 2 is 1.14 bits per heavy atom. The first kappa shape index (κ1) is 15.1. The van der Waals surface area contributed by atoms with Crippen LogP contribution in [0, 0.1) is 0 Å². The van der Waals surface area contributed by atoms with E-state index in [1.807, 2.05) is 54.6 Å². The molecule has 5 aromatic carbocycles. The van der Waals surface area contributed by atoms with Crippen LogP contribution in [0.3, 0.4) is 0 Å². The lowest BCUT2D eigenvalue weighted by atomic mass is 9.96. The summed E-state index contributed by atoms with van der Waals surface area (Å²) in [6.45, 7) is 0. The van der Waals surface area contributed by atoms with Gasteiger partial charge in [-0.2, -0.15) is 0 Å². The molecule has 0 aliphatic heterocycles. The van der Waals surface area contributed by atoms with Crippen molar-refractivity contribution in [3.8, 4) is 11.1 Å². The van der Waals surface area contributed by atoms with Crippen LogP contribution in [0.5, 0.6) is 0 Å². The minimum atomic E-state index is 0.493. The number of hydrogen-bond acceptors (Lipinski definition) is 1. The smallest absolute Gasteiger partial charge is 0.0623 e. The molecule has 0 saturated carbocycles. The summed E-state index contributed by atoms with van der Waals surface area (Å²) in [7, 11) is 0. The molecule has 0 heterocycles. The Bertz CT molecular complexity index is 1340. The molecule has 0 fully saturated rings. The van der Waals surface area contributed by atoms with Crippen LogP contribution in [-0.2, 0) is 0 Å². The zero-order valence-corrected chi connectivity index (χ0v) is 15.9. The highest BCUT2D eigenvalue weighted by atomic mass is 15.1. The van der Waals surface area contributed by atoms with Crippen molar-refractivity contribution < 1.29 is 2.74 Å². The van der Waals surface area contributed by atoms with Gasteiger partial charge in [0.1, 0.15) is 0 Å². The lowest BCUT2D eigenvalue weighted by molar-refractivity contribution is 1.30. The molecule has 1 heteroatoms. The van der Waals surface area contributed by atoms with Gasteiger partial charge in [0.05, 0.1) is 8.43 Å². The maximum atomic E-state index is 8.02. The fourth-order valence-corrected chi connectivity index (χ4v) is 3.82. The van der Waals surface area contributed by atoms with Gasteiger partial charge in [-0.1, -0.05) is 97.0 Å². The van der Waals surface area contributed by atoms with Crippen molar-refractivity contribution in [1.29, 1.82) is 0 Å². The largest absolute Gasteiger partial charge is 0.310 e. The third-order valence-electron chi connectivity index (χ3n) is 5.13. The maximum absolute atomic E-state index is 8.02. The number of anilines is 3. The van der Waals surface area contributed by atoms with E-state index in [9.17, 15) is 0 Å². The Hall–Kier alpha value is -3.84. The van der Waals surface area contributed by atoms with Crippen molar-refractivity contribution in [3.63, 3.8) is 0 Å². The fourth-order valence-electron chi connectivity index (χ4n) is 3.82. The van der Waals surface area contributed by atoms with Crippen LogP contribution >= 0.6 is 0 Å². The number of para-hydroxylation sites is 2. The quantitative estimate of drug-likeness (QED) is 0.308. The van der Waals surface area contributed by atoms with Gasteiger partial charge in [0, 0.05) is 16.8 Å². The summed E-state index contributed by atoms with van der Waals surface area (Å²) in [5.74, 6) is 0. The summed E-state index contributed by atoms with van der Waals surface area (Å²) in [5.41, 5.74) is 5.30. The second-order valence-corrected chi connectivity index (χ2v) is 6.90. The van der Waals surface area contributed by atoms with Crippen molar-refractivity contribution in [2.75, 3.05) is 4.90 Å². The normalized spacial score (nSPS) is 11.7. The maximum Gasteiger partial charge on any atom is 0.0623 e. The van der Waals surface area contributed by atoms with E-state index in [-0.39, 0.29) is 0 Å². The number of nitrogens with zero attached hydrogens (tertiary/aromatic N) is 1. The van der Waals surface area contributed by atoms with E-state index in [1.54, 1.807) is 6.07 Å². The van der Waals surface area contributed by atoms with Crippen LogP contribution in [-0.4, -0.2) is 0 Å². The van der Waals surface area contributed by atoms with E-state index in [1.165, 1.54) is 0 Å². The molecule has 0 saturated heterocycles. The second-order valence-electron chi connectivity index (χ2n) is 6.90. The Kier molecular flexibility index (Phi) is 3.99. The number of rotatable bonds is 4. The molecule has 0 unspecified atom stereocenters. The predicted octanol–water partition coefficient (Wildman–Crippen LogP) is 7.98. The van der Waals surface area contributed by atoms with E-state index in [4.69, 9.17) is 2.74 Å². The highest BCUT2D eigenvalue weighted by Crippen LogP contribution is 2.41. The molecule has 0 amide bonds. The highest BCUT2D eigenvalue weighted by Gasteiger charge is 2.16. The van der Waals surface area contributed by atoms with E-state index in [2.05, 4.69) is 59.5 Å². The van der Waals surface area contributed by atoms with Crippen molar-refractivity contribution in [2.45, 2.75) is 0 Å². The van der Waals surface area contributed by atoms with Crippen LogP contribution in [0.4, 0.5) is 17.1 Å². The third kappa shape index (κ3) is 3.28. The average Bonchev–Trinajstić information content (AvgIpc) is 2.81. The SMILES string of the molecule is [3H]c1ccc(N(c2ccccc2)c2ccc(-c3cccc([3H])c3)c3ccccc23)cc1. The van der Waals surface area contributed by atoms with Crippen molar-refractivity contribution >= 4 is 27.8 Å². The van der Waals surface area contributed by atoms with Crippen LogP contribution in [0.1, 0.15) is 2.74 Å². The van der Waals surface area contributed by atoms with Crippen molar-refractivity contribution in [1.82, 2.24) is 0 Å². The van der Waals surface area contributed by atoms with E-state index < -0.39 is 0 Å². The van der Waals surface area contributed by atoms with E-state index >= 15 is 0 Å². The highest BCUT2D eigenvalue weighted by molar-refractivity contribution is 6.06. The molecule has 1 nitrogen and oxygen atoms in total. The Morgan fingerprint density at radius 3 is 1.90 bits per heavy atom. The number of hydrogen-bond donors (Lipinski definition) is 0. The minimum absolute atomic E-state index is 0.493. The monoisotopic (exact) mass is 375 g/mol. The molecule has 0 radical (unpaired) electrons. The molecule has 0 bridgehead atoms. The van der Waals surface area contributed by atoms with Crippen LogP contribution < -0.4 is 4.90 Å². The van der Waals surface area contributed by atoms with Crippen molar-refractivity contribution in [3.05, 3.63) is 127 Å². The predicted molar refractivity (Wildman–Crippen MR) is 124 cm³/mol. The Balaban J connectivity index is 1.76. The van der Waals surface area contributed by atoms with Gasteiger partial charge in [0.15, 0.2) is 0 Å². The summed E-state index contributed by atoms with van der Waals surface area (Å²) >= 11 is 0. The molecule has 5 aromatic rings. The summed E-state index contributed by atoms with van der Waals surface area (Å²) in [4.78, 5) is 2.23. The first-order valence-corrected chi connectivity index (χ1v) is 9.71. The zero-order valence-electron chi connectivity index (χ0n) is 17.9. The Morgan fingerprint density at radius 1 is 0.483 bits per heavy atom. The topological polar surface area (TPSA) is 3.24 Å². The average molecular weight is 375 g/mol. The van der Waals surface area contributed by atoms with Gasteiger partial charge in [-0.25, -0.2) is 0 Å². The fraction of sp³-hybridized carbons (Fsp3) is 0. The standard InChI is InChI=1S/C28H21N/c1-4-12-22(13-5-1)25-20-21-28(27-19-11-10-18-26(25)27)29(23-14-6-2-7-15-23)24-16-8-3-9-17-24/h1-21H/i2T,4T. The van der Waals surface area contributed by atoms with Gasteiger partial charge in [-0.15, -0.1) is 0 Å². The Labute approximate surface area is 174 Å². The van der Waals surface area contributed by atoms with Gasteiger partial charge in [-0.05, 0) is 46.8 Å².